The van der Waals surface area contributed by atoms with Gasteiger partial charge in [0.25, 0.3) is 5.91 Å². The first-order valence-corrected chi connectivity index (χ1v) is 8.26. The molecule has 0 atom stereocenters. The molecular weight excluding hydrogens is 318 g/mol. The number of carbonyl (C=O) groups is 2. The van der Waals surface area contributed by atoms with Gasteiger partial charge in [-0.2, -0.15) is 0 Å². The molecule has 2 rings (SSSR count). The SMILES string of the molecule is Cc1cc(Cl)ccc1OCC(=O)OCC(=O)N1CCCCCC1. The molecule has 0 saturated carbocycles. The molecule has 1 aliphatic rings. The second-order valence-electron chi connectivity index (χ2n) is 5.65. The maximum absolute atomic E-state index is 12.0. The predicted molar refractivity (Wildman–Crippen MR) is 87.7 cm³/mol. The molecule has 0 aromatic heterocycles. The molecule has 1 aromatic rings. The average Bonchev–Trinajstić information content (AvgIpc) is 2.81. The number of aryl methyl sites for hydroxylation is 1. The first kappa shape index (κ1) is 17.6. The molecule has 1 heterocycles. The Kier molecular flexibility index (Phi) is 6.71. The van der Waals surface area contributed by atoms with E-state index in [1.54, 1.807) is 23.1 Å². The number of rotatable bonds is 5. The van der Waals surface area contributed by atoms with E-state index in [2.05, 4.69) is 0 Å². The number of likely N-dealkylation sites (tertiary alicyclic amines) is 1. The minimum Gasteiger partial charge on any atom is -0.482 e. The van der Waals surface area contributed by atoms with E-state index < -0.39 is 5.97 Å². The minimum atomic E-state index is -0.553. The summed E-state index contributed by atoms with van der Waals surface area (Å²) < 4.78 is 10.4. The molecule has 23 heavy (non-hydrogen) atoms. The Morgan fingerprint density at radius 3 is 2.48 bits per heavy atom. The van der Waals surface area contributed by atoms with Crippen LogP contribution in [0.25, 0.3) is 0 Å². The van der Waals surface area contributed by atoms with E-state index in [0.717, 1.165) is 44.3 Å². The summed E-state index contributed by atoms with van der Waals surface area (Å²) in [5.41, 5.74) is 0.839. The number of nitrogens with zero attached hydrogens (tertiary/aromatic N) is 1. The minimum absolute atomic E-state index is 0.136. The molecule has 5 nitrogen and oxygen atoms in total. The van der Waals surface area contributed by atoms with Crippen molar-refractivity contribution in [3.8, 4) is 5.75 Å². The molecule has 6 heteroatoms. The molecule has 0 radical (unpaired) electrons. The first-order chi connectivity index (χ1) is 11.1. The summed E-state index contributed by atoms with van der Waals surface area (Å²) in [7, 11) is 0. The molecule has 1 aliphatic heterocycles. The fourth-order valence-electron chi connectivity index (χ4n) is 2.51. The summed E-state index contributed by atoms with van der Waals surface area (Å²) in [6, 6.07) is 5.15. The van der Waals surface area contributed by atoms with Gasteiger partial charge >= 0.3 is 5.97 Å². The fourth-order valence-corrected chi connectivity index (χ4v) is 2.73. The number of carbonyl (C=O) groups excluding carboxylic acids is 2. The average molecular weight is 340 g/mol. The normalized spacial score (nSPS) is 15.0. The van der Waals surface area contributed by atoms with Crippen LogP contribution in [0.3, 0.4) is 0 Å². The van der Waals surface area contributed by atoms with Crippen molar-refractivity contribution in [1.82, 2.24) is 4.90 Å². The standard InChI is InChI=1S/C17H22ClNO4/c1-13-10-14(18)6-7-15(13)22-12-17(21)23-11-16(20)19-8-4-2-3-5-9-19/h6-7,10H,2-5,8-9,11-12H2,1H3. The number of esters is 1. The van der Waals surface area contributed by atoms with Gasteiger partial charge in [-0.15, -0.1) is 0 Å². The van der Waals surface area contributed by atoms with E-state index in [9.17, 15) is 9.59 Å². The van der Waals surface area contributed by atoms with Gasteiger partial charge in [-0.05, 0) is 43.5 Å². The summed E-state index contributed by atoms with van der Waals surface area (Å²) in [5.74, 6) is -0.115. The van der Waals surface area contributed by atoms with Crippen LogP contribution in [-0.4, -0.2) is 43.1 Å². The van der Waals surface area contributed by atoms with Crippen molar-refractivity contribution in [2.24, 2.45) is 0 Å². The lowest BCUT2D eigenvalue weighted by molar-refractivity contribution is -0.153. The number of amides is 1. The van der Waals surface area contributed by atoms with Gasteiger partial charge in [0.15, 0.2) is 13.2 Å². The van der Waals surface area contributed by atoms with Crippen LogP contribution < -0.4 is 4.74 Å². The van der Waals surface area contributed by atoms with Crippen LogP contribution in [0.4, 0.5) is 0 Å². The molecular formula is C17H22ClNO4. The number of hydrogen-bond donors (Lipinski definition) is 0. The van der Waals surface area contributed by atoms with E-state index in [0.29, 0.717) is 10.8 Å². The van der Waals surface area contributed by atoms with Crippen LogP contribution in [0.2, 0.25) is 5.02 Å². The van der Waals surface area contributed by atoms with E-state index in [1.807, 2.05) is 6.92 Å². The van der Waals surface area contributed by atoms with Gasteiger partial charge in [0.05, 0.1) is 0 Å². The van der Waals surface area contributed by atoms with Gasteiger partial charge < -0.3 is 14.4 Å². The second kappa shape index (κ2) is 8.77. The number of halogens is 1. The van der Waals surface area contributed by atoms with Crippen molar-refractivity contribution in [3.63, 3.8) is 0 Å². The monoisotopic (exact) mass is 339 g/mol. The van der Waals surface area contributed by atoms with Gasteiger partial charge in [0.1, 0.15) is 5.75 Å². The zero-order chi connectivity index (χ0) is 16.7. The summed E-state index contributed by atoms with van der Waals surface area (Å²) in [5, 5.41) is 0.612. The van der Waals surface area contributed by atoms with Crippen molar-refractivity contribution < 1.29 is 19.1 Å². The van der Waals surface area contributed by atoms with E-state index in [1.165, 1.54) is 0 Å². The van der Waals surface area contributed by atoms with Gasteiger partial charge in [0, 0.05) is 18.1 Å². The van der Waals surface area contributed by atoms with E-state index in [4.69, 9.17) is 21.1 Å². The summed E-state index contributed by atoms with van der Waals surface area (Å²) in [6.07, 6.45) is 4.33. The largest absolute Gasteiger partial charge is 0.482 e. The Balaban J connectivity index is 1.73. The van der Waals surface area contributed by atoms with Crippen LogP contribution in [-0.2, 0) is 14.3 Å². The molecule has 1 fully saturated rings. The smallest absolute Gasteiger partial charge is 0.344 e. The molecule has 0 N–H and O–H groups in total. The topological polar surface area (TPSA) is 55.8 Å². The lowest BCUT2D eigenvalue weighted by atomic mass is 10.2. The lowest BCUT2D eigenvalue weighted by Gasteiger charge is -2.20. The van der Waals surface area contributed by atoms with E-state index >= 15 is 0 Å². The maximum atomic E-state index is 12.0. The third-order valence-corrected chi connectivity index (χ3v) is 4.03. The Morgan fingerprint density at radius 1 is 1.13 bits per heavy atom. The number of ether oxygens (including phenoxy) is 2. The molecule has 1 aromatic carbocycles. The van der Waals surface area contributed by atoms with Gasteiger partial charge in [-0.25, -0.2) is 4.79 Å². The van der Waals surface area contributed by atoms with Crippen molar-refractivity contribution in [2.45, 2.75) is 32.6 Å². The zero-order valence-electron chi connectivity index (χ0n) is 13.3. The van der Waals surface area contributed by atoms with Crippen molar-refractivity contribution in [2.75, 3.05) is 26.3 Å². The Hall–Kier alpha value is -1.75. The first-order valence-electron chi connectivity index (χ1n) is 7.88. The number of benzene rings is 1. The highest BCUT2D eigenvalue weighted by atomic mass is 35.5. The van der Waals surface area contributed by atoms with Crippen molar-refractivity contribution in [1.29, 1.82) is 0 Å². The summed E-state index contributed by atoms with van der Waals surface area (Å²) >= 11 is 5.86. The van der Waals surface area contributed by atoms with Crippen LogP contribution in [0, 0.1) is 6.92 Å². The maximum Gasteiger partial charge on any atom is 0.344 e. The summed E-state index contributed by atoms with van der Waals surface area (Å²) in [4.78, 5) is 25.5. The highest BCUT2D eigenvalue weighted by Crippen LogP contribution is 2.21. The highest BCUT2D eigenvalue weighted by molar-refractivity contribution is 6.30. The molecule has 0 spiro atoms. The van der Waals surface area contributed by atoms with Crippen molar-refractivity contribution in [3.05, 3.63) is 28.8 Å². The molecule has 126 valence electrons. The third kappa shape index (κ3) is 5.75. The van der Waals surface area contributed by atoms with Crippen LogP contribution in [0.1, 0.15) is 31.2 Å². The van der Waals surface area contributed by atoms with Crippen LogP contribution in [0.5, 0.6) is 5.75 Å². The quantitative estimate of drug-likeness (QED) is 0.774. The van der Waals surface area contributed by atoms with Gasteiger partial charge in [-0.1, -0.05) is 24.4 Å². The Bertz CT molecular complexity index is 554. The third-order valence-electron chi connectivity index (χ3n) is 3.80. The van der Waals surface area contributed by atoms with Crippen LogP contribution in [0.15, 0.2) is 18.2 Å². The predicted octanol–water partition coefficient (Wildman–Crippen LogP) is 2.97. The van der Waals surface area contributed by atoms with Gasteiger partial charge in [-0.3, -0.25) is 4.79 Å². The Morgan fingerprint density at radius 2 is 1.83 bits per heavy atom. The zero-order valence-corrected chi connectivity index (χ0v) is 14.1. The number of hydrogen-bond acceptors (Lipinski definition) is 4. The molecule has 0 unspecified atom stereocenters. The Labute approximate surface area is 141 Å². The molecule has 1 saturated heterocycles. The van der Waals surface area contributed by atoms with E-state index in [-0.39, 0.29) is 19.1 Å². The van der Waals surface area contributed by atoms with Crippen molar-refractivity contribution >= 4 is 23.5 Å². The molecule has 0 bridgehead atoms. The second-order valence-corrected chi connectivity index (χ2v) is 6.09. The van der Waals surface area contributed by atoms with Crippen LogP contribution >= 0.6 is 11.6 Å². The fraction of sp³-hybridized carbons (Fsp3) is 0.529. The molecule has 1 amide bonds. The lowest BCUT2D eigenvalue weighted by Crippen LogP contribution is -2.35. The molecule has 0 aliphatic carbocycles. The highest BCUT2D eigenvalue weighted by Gasteiger charge is 2.17. The van der Waals surface area contributed by atoms with Gasteiger partial charge in [0.2, 0.25) is 0 Å². The summed E-state index contributed by atoms with van der Waals surface area (Å²) in [6.45, 7) is 2.89.